The van der Waals surface area contributed by atoms with Crippen LogP contribution in [-0.4, -0.2) is 39.5 Å². The first-order chi connectivity index (χ1) is 12.7. The van der Waals surface area contributed by atoms with Crippen molar-refractivity contribution in [3.63, 3.8) is 0 Å². The van der Waals surface area contributed by atoms with Gasteiger partial charge in [0.15, 0.2) is 0 Å². The first-order valence-electron chi connectivity index (χ1n) is 8.43. The highest BCUT2D eigenvalue weighted by atomic mass is 31.2. The van der Waals surface area contributed by atoms with Crippen LogP contribution in [0, 0.1) is 5.92 Å². The lowest BCUT2D eigenvalue weighted by atomic mass is 9.97. The first kappa shape index (κ1) is 20.8. The van der Waals surface area contributed by atoms with E-state index in [9.17, 15) is 23.9 Å². The number of aliphatic carboxylic acids is 1. The van der Waals surface area contributed by atoms with Crippen LogP contribution < -0.4 is 5.32 Å². The van der Waals surface area contributed by atoms with Crippen molar-refractivity contribution in [2.75, 3.05) is 12.7 Å². The highest BCUT2D eigenvalue weighted by Gasteiger charge is 2.27. The fourth-order valence-electron chi connectivity index (χ4n) is 2.71. The Morgan fingerprint density at radius 3 is 2.11 bits per heavy atom. The molecule has 2 rings (SSSR count). The second-order valence-electron chi connectivity index (χ2n) is 6.25. The van der Waals surface area contributed by atoms with Crippen molar-refractivity contribution < 1.29 is 29.0 Å². The Bertz CT molecular complexity index is 816. The molecule has 0 heterocycles. The van der Waals surface area contributed by atoms with Crippen LogP contribution in [0.4, 0.5) is 0 Å². The molecule has 0 bridgehead atoms. The second kappa shape index (κ2) is 9.46. The number of benzene rings is 2. The Morgan fingerprint density at radius 2 is 1.56 bits per heavy atom. The molecule has 144 valence electrons. The van der Waals surface area contributed by atoms with Gasteiger partial charge in [-0.2, -0.15) is 0 Å². The van der Waals surface area contributed by atoms with Gasteiger partial charge in [0.2, 0.25) is 5.91 Å². The van der Waals surface area contributed by atoms with Gasteiger partial charge in [-0.15, -0.1) is 0 Å². The molecule has 1 atom stereocenters. The van der Waals surface area contributed by atoms with Crippen LogP contribution in [0.25, 0.3) is 11.1 Å². The summed E-state index contributed by atoms with van der Waals surface area (Å²) < 4.78 is 11.4. The number of carboxylic acids is 1. The van der Waals surface area contributed by atoms with Gasteiger partial charge in [0.05, 0.1) is 18.5 Å². The van der Waals surface area contributed by atoms with Crippen molar-refractivity contribution in [2.24, 2.45) is 5.92 Å². The molecule has 2 aromatic rings. The molecule has 0 spiro atoms. The average Bonchev–Trinajstić information content (AvgIpc) is 2.61. The summed E-state index contributed by atoms with van der Waals surface area (Å²) in [7, 11) is -4.40. The number of rotatable bonds is 9. The molecule has 8 heteroatoms. The number of carbonyl (C=O) groups excluding carboxylic acids is 1. The Labute approximate surface area is 157 Å². The normalized spacial score (nSPS) is 12.4. The molecule has 0 aromatic heterocycles. The standard InChI is InChI=1S/C19H22NO6P/c21-18(22)10-11-20-19(23)17(13-27(24,25)26)12-14-6-8-16(9-7-14)15-4-2-1-3-5-15/h1-9,17H,10-13H2,(H,20,23)(H,21,22)(H2,24,25,26). The van der Waals surface area contributed by atoms with Crippen molar-refractivity contribution in [1.82, 2.24) is 5.32 Å². The predicted octanol–water partition coefficient (Wildman–Crippen LogP) is 2.28. The molecule has 1 unspecified atom stereocenters. The van der Waals surface area contributed by atoms with Crippen LogP contribution in [0.2, 0.25) is 0 Å². The summed E-state index contributed by atoms with van der Waals surface area (Å²) >= 11 is 0. The summed E-state index contributed by atoms with van der Waals surface area (Å²) in [5.41, 5.74) is 2.81. The summed E-state index contributed by atoms with van der Waals surface area (Å²) in [4.78, 5) is 41.3. The van der Waals surface area contributed by atoms with Crippen molar-refractivity contribution in [3.05, 3.63) is 60.2 Å². The van der Waals surface area contributed by atoms with E-state index >= 15 is 0 Å². The summed E-state index contributed by atoms with van der Waals surface area (Å²) in [5.74, 6) is -2.56. The summed E-state index contributed by atoms with van der Waals surface area (Å²) in [5, 5.41) is 11.1. The number of carboxylic acid groups (broad SMARTS) is 1. The minimum Gasteiger partial charge on any atom is -0.481 e. The summed E-state index contributed by atoms with van der Waals surface area (Å²) in [6, 6.07) is 17.2. The molecular weight excluding hydrogens is 369 g/mol. The molecular formula is C19H22NO6P. The lowest BCUT2D eigenvalue weighted by Gasteiger charge is -2.17. The van der Waals surface area contributed by atoms with Crippen LogP contribution in [0.3, 0.4) is 0 Å². The highest BCUT2D eigenvalue weighted by Crippen LogP contribution is 2.38. The molecule has 0 radical (unpaired) electrons. The largest absolute Gasteiger partial charge is 0.481 e. The average molecular weight is 391 g/mol. The van der Waals surface area contributed by atoms with Crippen molar-refractivity contribution in [2.45, 2.75) is 12.8 Å². The van der Waals surface area contributed by atoms with Gasteiger partial charge in [-0.25, -0.2) is 0 Å². The van der Waals surface area contributed by atoms with Gasteiger partial charge in [0.25, 0.3) is 0 Å². The van der Waals surface area contributed by atoms with E-state index in [-0.39, 0.29) is 19.4 Å². The molecule has 4 N–H and O–H groups in total. The zero-order valence-corrected chi connectivity index (χ0v) is 15.5. The van der Waals surface area contributed by atoms with Crippen molar-refractivity contribution in [1.29, 1.82) is 0 Å². The van der Waals surface area contributed by atoms with Crippen LogP contribution in [0.5, 0.6) is 0 Å². The Morgan fingerprint density at radius 1 is 0.963 bits per heavy atom. The van der Waals surface area contributed by atoms with E-state index in [0.29, 0.717) is 0 Å². The molecule has 27 heavy (non-hydrogen) atoms. The van der Waals surface area contributed by atoms with Gasteiger partial charge in [-0.1, -0.05) is 54.6 Å². The molecule has 0 aliphatic heterocycles. The molecule has 0 aliphatic carbocycles. The monoisotopic (exact) mass is 391 g/mol. The number of amides is 1. The SMILES string of the molecule is O=C(O)CCNC(=O)C(Cc1ccc(-c2ccccc2)cc1)CP(=O)(O)O. The van der Waals surface area contributed by atoms with Crippen LogP contribution in [-0.2, 0) is 20.6 Å². The maximum atomic E-state index is 12.2. The van der Waals surface area contributed by atoms with E-state index in [0.717, 1.165) is 16.7 Å². The Balaban J connectivity index is 2.08. The van der Waals surface area contributed by atoms with Crippen LogP contribution in [0.15, 0.2) is 54.6 Å². The maximum absolute atomic E-state index is 12.2. The molecule has 2 aromatic carbocycles. The third kappa shape index (κ3) is 7.35. The third-order valence-electron chi connectivity index (χ3n) is 4.01. The molecule has 0 saturated heterocycles. The zero-order valence-electron chi connectivity index (χ0n) is 14.6. The third-order valence-corrected chi connectivity index (χ3v) is 4.93. The van der Waals surface area contributed by atoms with E-state index in [1.165, 1.54) is 0 Å². The van der Waals surface area contributed by atoms with Gasteiger partial charge in [-0.3, -0.25) is 14.2 Å². The van der Waals surface area contributed by atoms with E-state index in [4.69, 9.17) is 5.11 Å². The van der Waals surface area contributed by atoms with Gasteiger partial charge in [-0.05, 0) is 23.1 Å². The number of carbonyl (C=O) groups is 2. The molecule has 1 amide bonds. The van der Waals surface area contributed by atoms with Gasteiger partial charge in [0.1, 0.15) is 0 Å². The van der Waals surface area contributed by atoms with Gasteiger partial charge in [0, 0.05) is 6.54 Å². The van der Waals surface area contributed by atoms with Crippen LogP contribution in [0.1, 0.15) is 12.0 Å². The molecule has 0 saturated carbocycles. The van der Waals surface area contributed by atoms with Gasteiger partial charge < -0.3 is 20.2 Å². The fourth-order valence-corrected chi connectivity index (χ4v) is 3.58. The number of hydrogen-bond acceptors (Lipinski definition) is 3. The van der Waals surface area contributed by atoms with E-state index in [2.05, 4.69) is 5.32 Å². The Hall–Kier alpha value is -2.47. The smallest absolute Gasteiger partial charge is 0.326 e. The highest BCUT2D eigenvalue weighted by molar-refractivity contribution is 7.51. The van der Waals surface area contributed by atoms with E-state index in [1.54, 1.807) is 0 Å². The van der Waals surface area contributed by atoms with Crippen LogP contribution >= 0.6 is 7.60 Å². The summed E-state index contributed by atoms with van der Waals surface area (Å²) in [6.07, 6.45) is -0.689. The zero-order chi connectivity index (χ0) is 19.9. The number of hydrogen-bond donors (Lipinski definition) is 4. The van der Waals surface area contributed by atoms with E-state index < -0.39 is 31.6 Å². The molecule has 0 fully saturated rings. The molecule has 0 aliphatic rings. The first-order valence-corrected chi connectivity index (χ1v) is 10.2. The van der Waals surface area contributed by atoms with Crippen molar-refractivity contribution >= 4 is 19.5 Å². The van der Waals surface area contributed by atoms with E-state index in [1.807, 2.05) is 54.6 Å². The minimum atomic E-state index is -4.40. The minimum absolute atomic E-state index is 0.0846. The lowest BCUT2D eigenvalue weighted by molar-refractivity contribution is -0.137. The topological polar surface area (TPSA) is 124 Å². The second-order valence-corrected chi connectivity index (χ2v) is 7.94. The molecule has 7 nitrogen and oxygen atoms in total. The predicted molar refractivity (Wildman–Crippen MR) is 101 cm³/mol. The maximum Gasteiger partial charge on any atom is 0.326 e. The lowest BCUT2D eigenvalue weighted by Crippen LogP contribution is -2.35. The Kier molecular flexibility index (Phi) is 7.30. The van der Waals surface area contributed by atoms with Crippen molar-refractivity contribution in [3.8, 4) is 11.1 Å². The quantitative estimate of drug-likeness (QED) is 0.486. The number of nitrogens with one attached hydrogen (secondary N) is 1. The fraction of sp³-hybridized carbons (Fsp3) is 0.263. The van der Waals surface area contributed by atoms with Gasteiger partial charge >= 0.3 is 13.6 Å². The summed E-state index contributed by atoms with van der Waals surface area (Å²) in [6.45, 7) is -0.0846.